The van der Waals surface area contributed by atoms with E-state index in [-0.39, 0.29) is 22.9 Å². The van der Waals surface area contributed by atoms with Crippen molar-refractivity contribution >= 4 is 29.3 Å². The third kappa shape index (κ3) is 4.65. The molecule has 0 spiro atoms. The van der Waals surface area contributed by atoms with Crippen molar-refractivity contribution in [3.05, 3.63) is 89.0 Å². The summed E-state index contributed by atoms with van der Waals surface area (Å²) in [4.78, 5) is 38.8. The molecule has 8 heteroatoms. The summed E-state index contributed by atoms with van der Waals surface area (Å²) in [6, 6.07) is 17.4. The van der Waals surface area contributed by atoms with Gasteiger partial charge in [-0.2, -0.15) is 0 Å². The zero-order chi connectivity index (χ0) is 23.4. The van der Waals surface area contributed by atoms with E-state index in [1.807, 2.05) is 0 Å². The van der Waals surface area contributed by atoms with Crippen LogP contribution < -0.4 is 11.1 Å². The normalized spacial score (nSPS) is 10.3. The first-order chi connectivity index (χ1) is 15.2. The number of nitrogen functional groups attached to an aromatic ring is 1. The second-order valence-corrected chi connectivity index (χ2v) is 7.26. The molecule has 0 aromatic heterocycles. The number of hydrogen-bond acceptors (Lipinski definition) is 4. The molecule has 0 radical (unpaired) electrons. The van der Waals surface area contributed by atoms with Gasteiger partial charge in [-0.1, -0.05) is 24.3 Å². The molecule has 0 fully saturated rings. The maximum absolute atomic E-state index is 13.2. The van der Waals surface area contributed by atoms with Crippen LogP contribution in [0.5, 0.6) is 0 Å². The van der Waals surface area contributed by atoms with Crippen LogP contribution >= 0.6 is 0 Å². The van der Waals surface area contributed by atoms with E-state index in [1.165, 1.54) is 17.0 Å². The van der Waals surface area contributed by atoms with E-state index < -0.39 is 11.9 Å². The Morgan fingerprint density at radius 3 is 2.06 bits per heavy atom. The average Bonchev–Trinajstić information content (AvgIpc) is 2.78. The highest BCUT2D eigenvalue weighted by molar-refractivity contribution is 6.12. The van der Waals surface area contributed by atoms with E-state index >= 15 is 0 Å². The molecule has 0 aliphatic heterocycles. The molecule has 0 aliphatic rings. The number of carboxylic acid groups (broad SMARTS) is 1. The smallest absolute Gasteiger partial charge is 0.336 e. The van der Waals surface area contributed by atoms with Crippen LogP contribution in [0.1, 0.15) is 36.6 Å². The summed E-state index contributed by atoms with van der Waals surface area (Å²) >= 11 is 0. The predicted molar refractivity (Wildman–Crippen MR) is 122 cm³/mol. The number of benzene rings is 3. The van der Waals surface area contributed by atoms with Gasteiger partial charge in [0.2, 0.25) is 0 Å². The summed E-state index contributed by atoms with van der Waals surface area (Å²) in [6.45, 7) is 0. The second kappa shape index (κ2) is 9.13. The van der Waals surface area contributed by atoms with Crippen molar-refractivity contribution < 1.29 is 19.5 Å². The minimum absolute atomic E-state index is 0.0408. The Morgan fingerprint density at radius 1 is 0.875 bits per heavy atom. The fourth-order valence-corrected chi connectivity index (χ4v) is 3.19. The average molecular weight is 430 g/mol. The molecule has 2 amide bonds. The second-order valence-electron chi connectivity index (χ2n) is 7.26. The highest BCUT2D eigenvalue weighted by atomic mass is 16.4. The fourth-order valence-electron chi connectivity index (χ4n) is 3.19. The van der Waals surface area contributed by atoms with Gasteiger partial charge < -0.3 is 21.1 Å². The lowest BCUT2D eigenvalue weighted by atomic mass is 9.93. The van der Waals surface area contributed by atoms with Crippen molar-refractivity contribution in [2.75, 3.05) is 19.4 Å². The zero-order valence-corrected chi connectivity index (χ0v) is 17.5. The number of carboxylic acids is 1. The lowest BCUT2D eigenvalue weighted by Crippen LogP contribution is -2.22. The molecular formula is C24H22N4O4. The van der Waals surface area contributed by atoms with Gasteiger partial charge in [0.15, 0.2) is 0 Å². The van der Waals surface area contributed by atoms with Crippen LogP contribution in [0.25, 0.3) is 11.1 Å². The Labute approximate surface area is 184 Å². The highest BCUT2D eigenvalue weighted by Crippen LogP contribution is 2.29. The van der Waals surface area contributed by atoms with E-state index in [0.29, 0.717) is 27.9 Å². The maximum Gasteiger partial charge on any atom is 0.336 e. The minimum Gasteiger partial charge on any atom is -0.478 e. The van der Waals surface area contributed by atoms with Gasteiger partial charge in [-0.05, 0) is 53.6 Å². The molecule has 3 rings (SSSR count). The summed E-state index contributed by atoms with van der Waals surface area (Å²) in [5.74, 6) is -2.02. The molecule has 5 N–H and O–H groups in total. The van der Waals surface area contributed by atoms with E-state index in [2.05, 4.69) is 5.32 Å². The monoisotopic (exact) mass is 430 g/mol. The van der Waals surface area contributed by atoms with Crippen molar-refractivity contribution in [3.63, 3.8) is 0 Å². The van der Waals surface area contributed by atoms with Crippen LogP contribution in [0.3, 0.4) is 0 Å². The zero-order valence-electron chi connectivity index (χ0n) is 17.5. The number of amidine groups is 1. The number of rotatable bonds is 6. The fraction of sp³-hybridized carbons (Fsp3) is 0.0833. The van der Waals surface area contributed by atoms with Crippen LogP contribution in [0.15, 0.2) is 66.7 Å². The lowest BCUT2D eigenvalue weighted by molar-refractivity contribution is 0.0696. The van der Waals surface area contributed by atoms with Gasteiger partial charge in [-0.3, -0.25) is 15.0 Å². The van der Waals surface area contributed by atoms with Gasteiger partial charge in [0.25, 0.3) is 11.8 Å². The van der Waals surface area contributed by atoms with Crippen LogP contribution in [-0.4, -0.2) is 47.7 Å². The van der Waals surface area contributed by atoms with E-state index in [9.17, 15) is 19.5 Å². The van der Waals surface area contributed by atoms with Crippen molar-refractivity contribution in [2.24, 2.45) is 5.73 Å². The standard InChI is InChI=1S/C24H22N4O4/c1-28(2)23(30)15-9-12-18(17-5-3-4-6-19(17)24(31)32)20(13-15)22(29)27-16-10-7-14(8-11-16)21(25)26/h3-13H,1-2H3,(H3,25,26)(H,27,29)(H,31,32). The number of amides is 2. The first-order valence-electron chi connectivity index (χ1n) is 9.63. The maximum atomic E-state index is 13.2. The van der Waals surface area contributed by atoms with Gasteiger partial charge in [0, 0.05) is 36.5 Å². The number of carbonyl (C=O) groups excluding carboxylic acids is 2. The Hall–Kier alpha value is -4.46. The van der Waals surface area contributed by atoms with Gasteiger partial charge in [-0.15, -0.1) is 0 Å². The number of anilines is 1. The predicted octanol–water partition coefficient (Wildman–Crippen LogP) is 3.29. The third-order valence-corrected chi connectivity index (χ3v) is 4.82. The highest BCUT2D eigenvalue weighted by Gasteiger charge is 2.20. The first-order valence-corrected chi connectivity index (χ1v) is 9.63. The minimum atomic E-state index is -1.12. The summed E-state index contributed by atoms with van der Waals surface area (Å²) < 4.78 is 0. The summed E-state index contributed by atoms with van der Waals surface area (Å²) in [6.07, 6.45) is 0. The van der Waals surface area contributed by atoms with Gasteiger partial charge in [0.05, 0.1) is 5.56 Å². The largest absolute Gasteiger partial charge is 0.478 e. The summed E-state index contributed by atoms with van der Waals surface area (Å²) in [5, 5.41) is 19.8. The van der Waals surface area contributed by atoms with Crippen molar-refractivity contribution in [1.82, 2.24) is 4.90 Å². The van der Waals surface area contributed by atoms with Crippen molar-refractivity contribution in [3.8, 4) is 11.1 Å². The number of nitrogens with two attached hydrogens (primary N) is 1. The SMILES string of the molecule is CN(C)C(=O)c1ccc(-c2ccccc2C(=O)O)c(C(=O)Nc2ccc(C(=N)N)cc2)c1. The topological polar surface area (TPSA) is 137 Å². The molecule has 8 nitrogen and oxygen atoms in total. The van der Waals surface area contributed by atoms with E-state index in [1.54, 1.807) is 68.7 Å². The van der Waals surface area contributed by atoms with Gasteiger partial charge in [-0.25, -0.2) is 4.79 Å². The molecule has 162 valence electrons. The Balaban J connectivity index is 2.09. The van der Waals surface area contributed by atoms with E-state index in [0.717, 1.165) is 0 Å². The third-order valence-electron chi connectivity index (χ3n) is 4.82. The molecular weight excluding hydrogens is 408 g/mol. The van der Waals surface area contributed by atoms with Crippen LogP contribution in [-0.2, 0) is 0 Å². The molecule has 3 aromatic carbocycles. The number of hydrogen-bond donors (Lipinski definition) is 4. The number of nitrogens with one attached hydrogen (secondary N) is 2. The molecule has 0 atom stereocenters. The van der Waals surface area contributed by atoms with Crippen molar-refractivity contribution in [2.45, 2.75) is 0 Å². The molecule has 0 unspecified atom stereocenters. The van der Waals surface area contributed by atoms with E-state index in [4.69, 9.17) is 11.1 Å². The Morgan fingerprint density at radius 2 is 1.47 bits per heavy atom. The van der Waals surface area contributed by atoms with Gasteiger partial charge in [0.1, 0.15) is 5.84 Å². The van der Waals surface area contributed by atoms with Crippen LogP contribution in [0.4, 0.5) is 5.69 Å². The van der Waals surface area contributed by atoms with Gasteiger partial charge >= 0.3 is 5.97 Å². The molecule has 0 aliphatic carbocycles. The summed E-state index contributed by atoms with van der Waals surface area (Å²) in [7, 11) is 3.21. The van der Waals surface area contributed by atoms with Crippen molar-refractivity contribution in [1.29, 1.82) is 5.41 Å². The Kier molecular flexibility index (Phi) is 6.34. The molecule has 0 bridgehead atoms. The number of aromatic carboxylic acids is 1. The van der Waals surface area contributed by atoms with Crippen LogP contribution in [0, 0.1) is 5.41 Å². The first kappa shape index (κ1) is 22.2. The van der Waals surface area contributed by atoms with Crippen LogP contribution in [0.2, 0.25) is 0 Å². The molecule has 3 aromatic rings. The molecule has 0 saturated carbocycles. The lowest BCUT2D eigenvalue weighted by Gasteiger charge is -2.16. The molecule has 0 saturated heterocycles. The summed E-state index contributed by atoms with van der Waals surface area (Å²) in [5.41, 5.74) is 7.67. The number of nitrogens with zero attached hydrogens (tertiary/aromatic N) is 1. The quantitative estimate of drug-likeness (QED) is 0.351. The molecule has 32 heavy (non-hydrogen) atoms. The molecule has 0 heterocycles. The Bertz CT molecular complexity index is 1220. The number of carbonyl (C=O) groups is 3.